The molecule has 0 radical (unpaired) electrons. The minimum Gasteiger partial charge on any atom is -0.422 e. The van der Waals surface area contributed by atoms with Gasteiger partial charge in [0.05, 0.1) is 21.8 Å². The van der Waals surface area contributed by atoms with E-state index in [1.165, 1.54) is 0 Å². The minimum atomic E-state index is -0.481. The zero-order chi connectivity index (χ0) is 20.9. The summed E-state index contributed by atoms with van der Waals surface area (Å²) in [6.45, 7) is 7.38. The van der Waals surface area contributed by atoms with Crippen LogP contribution in [-0.4, -0.2) is 21.4 Å². The van der Waals surface area contributed by atoms with Crippen LogP contribution in [0.15, 0.2) is 32.2 Å². The largest absolute Gasteiger partial charge is 0.422 e. The lowest BCUT2D eigenvalue weighted by Gasteiger charge is -2.28. The number of H-pyrrole nitrogens is 1. The van der Waals surface area contributed by atoms with Gasteiger partial charge in [0.15, 0.2) is 0 Å². The maximum Gasteiger partial charge on any atom is 0.342 e. The van der Waals surface area contributed by atoms with Gasteiger partial charge in [-0.05, 0) is 18.2 Å². The molecule has 4 rings (SSSR count). The van der Waals surface area contributed by atoms with Crippen LogP contribution in [0.2, 0.25) is 10.0 Å². The van der Waals surface area contributed by atoms with E-state index in [1.54, 1.807) is 18.2 Å². The number of fused-ring (bicyclic) bond motifs is 2. The van der Waals surface area contributed by atoms with Crippen molar-refractivity contribution in [3.05, 3.63) is 71.7 Å². The molecule has 0 saturated carbocycles. The van der Waals surface area contributed by atoms with Crippen LogP contribution in [0.25, 0.3) is 11.0 Å². The number of halogens is 2. The fourth-order valence-electron chi connectivity index (χ4n) is 3.51. The van der Waals surface area contributed by atoms with Crippen LogP contribution in [-0.2, 0) is 24.9 Å². The number of aromatic nitrogens is 2. The number of hydrogen-bond acceptors (Lipinski definition) is 5. The van der Waals surface area contributed by atoms with Gasteiger partial charge in [0, 0.05) is 41.9 Å². The third-order valence-corrected chi connectivity index (χ3v) is 5.80. The van der Waals surface area contributed by atoms with Gasteiger partial charge in [0.2, 0.25) is 0 Å². The topological polar surface area (TPSA) is 79.2 Å². The first-order valence-corrected chi connectivity index (χ1v) is 10.1. The molecule has 0 atom stereocenters. The molecule has 0 saturated heterocycles. The zero-order valence-corrected chi connectivity index (χ0v) is 17.9. The summed E-state index contributed by atoms with van der Waals surface area (Å²) in [5.41, 5.74) is 1.36. The lowest BCUT2D eigenvalue weighted by Crippen LogP contribution is -2.37. The molecule has 0 bridgehead atoms. The quantitative estimate of drug-likeness (QED) is 0.616. The van der Waals surface area contributed by atoms with E-state index in [4.69, 9.17) is 27.6 Å². The average molecular weight is 434 g/mol. The number of aromatic amines is 1. The Morgan fingerprint density at radius 3 is 2.72 bits per heavy atom. The molecule has 152 valence electrons. The summed E-state index contributed by atoms with van der Waals surface area (Å²) in [5, 5.41) is 1.44. The van der Waals surface area contributed by atoms with Crippen molar-refractivity contribution in [1.82, 2.24) is 14.9 Å². The number of nitrogens with zero attached hydrogens (tertiary/aromatic N) is 2. The van der Waals surface area contributed by atoms with Crippen molar-refractivity contribution in [2.75, 3.05) is 6.54 Å². The third-order valence-electron chi connectivity index (χ3n) is 5.13. The maximum absolute atomic E-state index is 12.6. The molecule has 8 heteroatoms. The van der Waals surface area contributed by atoms with Crippen molar-refractivity contribution in [3.8, 4) is 0 Å². The Labute approximate surface area is 177 Å². The second kappa shape index (κ2) is 7.27. The Balaban J connectivity index is 1.66. The number of nitrogens with one attached hydrogen (secondary N) is 1. The van der Waals surface area contributed by atoms with Crippen molar-refractivity contribution < 1.29 is 4.42 Å². The number of benzene rings is 1. The lowest BCUT2D eigenvalue weighted by atomic mass is 9.95. The predicted molar refractivity (Wildman–Crippen MR) is 114 cm³/mol. The summed E-state index contributed by atoms with van der Waals surface area (Å²) in [6.07, 6.45) is 0.630. The normalized spacial score (nSPS) is 14.9. The van der Waals surface area contributed by atoms with Gasteiger partial charge in [0.25, 0.3) is 5.56 Å². The monoisotopic (exact) mass is 433 g/mol. The molecule has 3 heterocycles. The van der Waals surface area contributed by atoms with E-state index in [-0.39, 0.29) is 17.5 Å². The van der Waals surface area contributed by atoms with E-state index < -0.39 is 5.63 Å². The van der Waals surface area contributed by atoms with E-state index >= 15 is 0 Å². The van der Waals surface area contributed by atoms with Crippen molar-refractivity contribution in [2.24, 2.45) is 0 Å². The summed E-state index contributed by atoms with van der Waals surface area (Å²) in [4.78, 5) is 34.7. The summed E-state index contributed by atoms with van der Waals surface area (Å²) in [7, 11) is 0. The third kappa shape index (κ3) is 3.84. The highest BCUT2D eigenvalue weighted by molar-refractivity contribution is 6.37. The van der Waals surface area contributed by atoms with Gasteiger partial charge in [-0.15, -0.1) is 0 Å². The zero-order valence-electron chi connectivity index (χ0n) is 16.4. The summed E-state index contributed by atoms with van der Waals surface area (Å²) >= 11 is 12.6. The Hall–Kier alpha value is -2.15. The molecule has 0 spiro atoms. The van der Waals surface area contributed by atoms with Crippen molar-refractivity contribution in [2.45, 2.75) is 45.7 Å². The van der Waals surface area contributed by atoms with Gasteiger partial charge >= 0.3 is 5.63 Å². The van der Waals surface area contributed by atoms with E-state index in [9.17, 15) is 9.59 Å². The Morgan fingerprint density at radius 1 is 1.24 bits per heavy atom. The Kier molecular flexibility index (Phi) is 5.05. The van der Waals surface area contributed by atoms with E-state index in [0.29, 0.717) is 57.5 Å². The van der Waals surface area contributed by atoms with Crippen LogP contribution in [0.3, 0.4) is 0 Å². The van der Waals surface area contributed by atoms with Gasteiger partial charge in [-0.25, -0.2) is 9.78 Å². The van der Waals surface area contributed by atoms with Crippen LogP contribution in [0, 0.1) is 0 Å². The van der Waals surface area contributed by atoms with E-state index in [0.717, 1.165) is 5.69 Å². The lowest BCUT2D eigenvalue weighted by molar-refractivity contribution is 0.238. The molecule has 2 aromatic heterocycles. The molecular weight excluding hydrogens is 413 g/mol. The molecule has 0 aliphatic carbocycles. The number of rotatable bonds is 2. The van der Waals surface area contributed by atoms with Gasteiger partial charge in [-0.3, -0.25) is 9.69 Å². The molecule has 6 nitrogen and oxygen atoms in total. The van der Waals surface area contributed by atoms with Crippen molar-refractivity contribution >= 4 is 34.2 Å². The highest BCUT2D eigenvalue weighted by Gasteiger charge is 2.26. The van der Waals surface area contributed by atoms with Gasteiger partial charge < -0.3 is 9.40 Å². The van der Waals surface area contributed by atoms with Gasteiger partial charge in [0.1, 0.15) is 11.4 Å². The van der Waals surface area contributed by atoms with Gasteiger partial charge in [-0.2, -0.15) is 0 Å². The summed E-state index contributed by atoms with van der Waals surface area (Å²) in [6, 6.07) is 4.96. The SMILES string of the molecule is CC(C)(C)c1nc2c(c(=O)[nH]1)CN(Cc1c(Cl)c3cc(Cl)ccc3oc1=O)CC2. The Morgan fingerprint density at radius 2 is 2.00 bits per heavy atom. The molecule has 1 aromatic carbocycles. The van der Waals surface area contributed by atoms with Crippen LogP contribution in [0.5, 0.6) is 0 Å². The minimum absolute atomic E-state index is 0.131. The smallest absolute Gasteiger partial charge is 0.342 e. The van der Waals surface area contributed by atoms with Crippen LogP contribution in [0.4, 0.5) is 0 Å². The molecule has 1 aliphatic rings. The molecular formula is C21H21Cl2N3O3. The first-order valence-electron chi connectivity index (χ1n) is 9.39. The summed E-state index contributed by atoms with van der Waals surface area (Å²) < 4.78 is 5.41. The highest BCUT2D eigenvalue weighted by atomic mass is 35.5. The van der Waals surface area contributed by atoms with Crippen LogP contribution in [0.1, 0.15) is 43.4 Å². The second-order valence-corrected chi connectivity index (χ2v) is 9.19. The first kappa shape index (κ1) is 20.1. The fourth-order valence-corrected chi connectivity index (χ4v) is 3.96. The second-order valence-electron chi connectivity index (χ2n) is 8.37. The predicted octanol–water partition coefficient (Wildman–Crippen LogP) is 4.04. The molecule has 0 fully saturated rings. The maximum atomic E-state index is 12.6. The molecule has 29 heavy (non-hydrogen) atoms. The molecule has 1 N–H and O–H groups in total. The Bertz CT molecular complexity index is 1220. The number of hydrogen-bond donors (Lipinski definition) is 1. The van der Waals surface area contributed by atoms with E-state index in [1.807, 2.05) is 25.7 Å². The van der Waals surface area contributed by atoms with Crippen molar-refractivity contribution in [3.63, 3.8) is 0 Å². The molecule has 3 aromatic rings. The van der Waals surface area contributed by atoms with Crippen LogP contribution < -0.4 is 11.2 Å². The fraction of sp³-hybridized carbons (Fsp3) is 0.381. The molecule has 0 unspecified atom stereocenters. The van der Waals surface area contributed by atoms with E-state index in [2.05, 4.69) is 9.97 Å². The highest BCUT2D eigenvalue weighted by Crippen LogP contribution is 2.29. The summed E-state index contributed by atoms with van der Waals surface area (Å²) in [5.74, 6) is 0.685. The van der Waals surface area contributed by atoms with Gasteiger partial charge in [-0.1, -0.05) is 44.0 Å². The average Bonchev–Trinajstić information content (AvgIpc) is 2.65. The molecule has 1 aliphatic heterocycles. The van der Waals surface area contributed by atoms with Crippen LogP contribution >= 0.6 is 23.2 Å². The molecule has 0 amide bonds. The first-order chi connectivity index (χ1) is 13.6. The van der Waals surface area contributed by atoms with Crippen molar-refractivity contribution in [1.29, 1.82) is 0 Å². The standard InChI is InChI=1S/C21H21Cl2N3O3/c1-21(2,3)20-24-15-6-7-26(9-13(15)18(27)25-20)10-14-17(23)12-8-11(22)4-5-16(12)29-19(14)28/h4-5,8H,6-7,9-10H2,1-3H3,(H,24,25,27).